The van der Waals surface area contributed by atoms with Gasteiger partial charge >= 0.3 is 12.3 Å². The van der Waals surface area contributed by atoms with Gasteiger partial charge in [0.05, 0.1) is 11.3 Å². The third-order valence-corrected chi connectivity index (χ3v) is 7.24. The number of aromatic nitrogens is 3. The van der Waals surface area contributed by atoms with Crippen LogP contribution in [-0.4, -0.2) is 74.1 Å². The first-order valence-corrected chi connectivity index (χ1v) is 13.7. The Hall–Kier alpha value is -4.65. The van der Waals surface area contributed by atoms with Crippen LogP contribution in [0.2, 0.25) is 0 Å². The molecule has 0 bridgehead atoms. The van der Waals surface area contributed by atoms with Gasteiger partial charge in [-0.15, -0.1) is 0 Å². The van der Waals surface area contributed by atoms with E-state index in [0.29, 0.717) is 52.5 Å². The summed E-state index contributed by atoms with van der Waals surface area (Å²) in [6.07, 6.45) is -4.26. The van der Waals surface area contributed by atoms with Crippen molar-refractivity contribution in [3.8, 4) is 22.9 Å². The largest absolute Gasteiger partial charge is 0.465 e. The normalized spacial score (nSPS) is 17.9. The zero-order valence-corrected chi connectivity index (χ0v) is 23.5. The van der Waals surface area contributed by atoms with Crippen LogP contribution in [-0.2, 0) is 0 Å². The lowest BCUT2D eigenvalue weighted by atomic mass is 9.96. The Morgan fingerprint density at radius 3 is 2.67 bits per heavy atom. The van der Waals surface area contributed by atoms with Crippen LogP contribution in [0.15, 0.2) is 60.9 Å². The van der Waals surface area contributed by atoms with Crippen molar-refractivity contribution < 1.29 is 32.9 Å². The summed E-state index contributed by atoms with van der Waals surface area (Å²) in [6, 6.07) is 13.8. The molecule has 2 aromatic carbocycles. The molecule has 4 N–H and O–H groups in total. The number of nitrogens with zero attached hydrogens (tertiary/aromatic N) is 4. The van der Waals surface area contributed by atoms with Crippen molar-refractivity contribution in [3.63, 3.8) is 0 Å². The molecular formula is C30H31F3N6O4. The number of alkyl halides is 3. The molecule has 1 aliphatic heterocycles. The topological polar surface area (TPSA) is 133 Å². The van der Waals surface area contributed by atoms with Gasteiger partial charge < -0.3 is 30.5 Å². The van der Waals surface area contributed by atoms with Gasteiger partial charge in [-0.25, -0.2) is 19.7 Å². The maximum Gasteiger partial charge on any atom is 0.416 e. The lowest BCUT2D eigenvalue weighted by molar-refractivity contribution is -0.198. The molecule has 0 radical (unpaired) electrons. The van der Waals surface area contributed by atoms with Crippen LogP contribution in [0.3, 0.4) is 0 Å². The number of anilines is 2. The summed E-state index contributed by atoms with van der Waals surface area (Å²) in [5.74, 6) is 1.25. The molecule has 5 rings (SSSR count). The van der Waals surface area contributed by atoms with Crippen molar-refractivity contribution in [2.45, 2.75) is 38.6 Å². The second-order valence-electron chi connectivity index (χ2n) is 10.6. The number of carbonyl (C=O) groups is 1. The number of aliphatic hydroxyl groups is 1. The fraction of sp³-hybridized carbons (Fsp3) is 0.333. The lowest BCUT2D eigenvalue weighted by Gasteiger charge is -2.35. The van der Waals surface area contributed by atoms with Crippen LogP contribution in [0.25, 0.3) is 22.0 Å². The van der Waals surface area contributed by atoms with Crippen LogP contribution in [0.1, 0.15) is 18.9 Å². The third-order valence-electron chi connectivity index (χ3n) is 7.24. The average Bonchev–Trinajstić information content (AvgIpc) is 2.96. The fourth-order valence-corrected chi connectivity index (χ4v) is 5.19. The molecule has 1 saturated heterocycles. The summed E-state index contributed by atoms with van der Waals surface area (Å²) < 4.78 is 44.9. The van der Waals surface area contributed by atoms with E-state index in [1.165, 1.54) is 4.90 Å². The monoisotopic (exact) mass is 596 g/mol. The Balaban J connectivity index is 1.42. The minimum atomic E-state index is -4.73. The number of amides is 1. The molecule has 1 unspecified atom stereocenters. The minimum Gasteiger partial charge on any atom is -0.465 e. The van der Waals surface area contributed by atoms with Crippen molar-refractivity contribution in [2.24, 2.45) is 5.92 Å². The molecule has 1 amide bonds. The van der Waals surface area contributed by atoms with Gasteiger partial charge in [0.1, 0.15) is 5.75 Å². The standard InChI is InChI=1S/C30H31F3N6O4/c1-17-13-19(16-39(15-17)29(41)42)37-28-35-12-10-24(38-28)22-6-4-11-34-27(22)43-26-18(2)8-9-20-21(26)5-3-7-23(20)36-14-25(40)30(31,32)33/h3-12,17,19,25,36,40H,13-16H2,1-2H3,(H,41,42)(H,35,37,38)/t17-,19+,25?/m1/s1. The maximum atomic E-state index is 12.9. The molecule has 0 aliphatic carbocycles. The Morgan fingerprint density at radius 1 is 1.09 bits per heavy atom. The van der Waals surface area contributed by atoms with Crippen molar-refractivity contribution in [1.82, 2.24) is 19.9 Å². The first-order valence-electron chi connectivity index (χ1n) is 13.7. The average molecular weight is 597 g/mol. The summed E-state index contributed by atoms with van der Waals surface area (Å²) in [4.78, 5) is 26.4. The number of ether oxygens (including phenoxy) is 1. The number of fused-ring (bicyclic) bond motifs is 1. The predicted molar refractivity (Wildman–Crippen MR) is 155 cm³/mol. The molecule has 3 atom stereocenters. The van der Waals surface area contributed by atoms with E-state index in [1.54, 1.807) is 60.9 Å². The van der Waals surface area contributed by atoms with E-state index in [-0.39, 0.29) is 17.8 Å². The van der Waals surface area contributed by atoms with Gasteiger partial charge in [-0.1, -0.05) is 31.2 Å². The second-order valence-corrected chi connectivity index (χ2v) is 10.6. The zero-order chi connectivity index (χ0) is 30.7. The Morgan fingerprint density at radius 2 is 1.91 bits per heavy atom. The summed E-state index contributed by atoms with van der Waals surface area (Å²) in [7, 11) is 0. The van der Waals surface area contributed by atoms with Gasteiger partial charge in [0.25, 0.3) is 0 Å². The van der Waals surface area contributed by atoms with E-state index in [0.717, 1.165) is 12.0 Å². The molecule has 0 saturated carbocycles. The molecule has 43 heavy (non-hydrogen) atoms. The highest BCUT2D eigenvalue weighted by atomic mass is 19.4. The number of hydrogen-bond donors (Lipinski definition) is 4. The number of benzene rings is 2. The van der Waals surface area contributed by atoms with Crippen LogP contribution >= 0.6 is 0 Å². The highest BCUT2D eigenvalue weighted by molar-refractivity contribution is 5.98. The van der Waals surface area contributed by atoms with E-state index in [4.69, 9.17) is 4.74 Å². The van der Waals surface area contributed by atoms with Crippen LogP contribution < -0.4 is 15.4 Å². The SMILES string of the molecule is Cc1ccc2c(NCC(O)C(F)(F)F)cccc2c1Oc1ncccc1-c1ccnc(N[C@H]2C[C@@H](C)CN(C(=O)O)C2)n1. The molecule has 1 aliphatic rings. The molecule has 226 valence electrons. The van der Waals surface area contributed by atoms with E-state index in [9.17, 15) is 28.2 Å². The van der Waals surface area contributed by atoms with E-state index >= 15 is 0 Å². The summed E-state index contributed by atoms with van der Waals surface area (Å²) in [5, 5.41) is 26.1. The molecule has 13 heteroatoms. The van der Waals surface area contributed by atoms with Crippen molar-refractivity contribution >= 4 is 28.5 Å². The quantitative estimate of drug-likeness (QED) is 0.195. The van der Waals surface area contributed by atoms with Gasteiger partial charge in [-0.2, -0.15) is 13.2 Å². The zero-order valence-electron chi connectivity index (χ0n) is 23.5. The summed E-state index contributed by atoms with van der Waals surface area (Å²) in [6.45, 7) is 3.95. The Bertz CT molecular complexity index is 1620. The summed E-state index contributed by atoms with van der Waals surface area (Å²) >= 11 is 0. The number of hydrogen-bond acceptors (Lipinski definition) is 8. The van der Waals surface area contributed by atoms with Crippen LogP contribution in [0.5, 0.6) is 11.6 Å². The minimum absolute atomic E-state index is 0.155. The van der Waals surface area contributed by atoms with E-state index < -0.39 is 24.9 Å². The smallest absolute Gasteiger partial charge is 0.416 e. The predicted octanol–water partition coefficient (Wildman–Crippen LogP) is 5.93. The van der Waals surface area contributed by atoms with Gasteiger partial charge in [-0.05, 0) is 49.1 Å². The second kappa shape index (κ2) is 12.3. The number of carboxylic acid groups (broad SMARTS) is 1. The van der Waals surface area contributed by atoms with Crippen LogP contribution in [0.4, 0.5) is 29.6 Å². The fourth-order valence-electron chi connectivity index (χ4n) is 5.19. The number of halogens is 3. The van der Waals surface area contributed by atoms with Crippen LogP contribution in [0, 0.1) is 12.8 Å². The van der Waals surface area contributed by atoms with Gasteiger partial charge in [0.2, 0.25) is 11.8 Å². The molecule has 4 aromatic rings. The maximum absolute atomic E-state index is 12.9. The first kappa shape index (κ1) is 29.8. The third kappa shape index (κ3) is 6.88. The van der Waals surface area contributed by atoms with E-state index in [2.05, 4.69) is 25.6 Å². The highest BCUT2D eigenvalue weighted by Gasteiger charge is 2.38. The molecule has 10 nitrogen and oxygen atoms in total. The van der Waals surface area contributed by atoms with Crippen molar-refractivity contribution in [2.75, 3.05) is 30.3 Å². The molecule has 1 fully saturated rings. The number of pyridine rings is 1. The Kier molecular flexibility index (Phi) is 8.53. The first-order chi connectivity index (χ1) is 20.5. The number of piperidine rings is 1. The number of rotatable bonds is 8. The number of aliphatic hydroxyl groups excluding tert-OH is 1. The molecule has 0 spiro atoms. The number of aryl methyl sites for hydroxylation is 1. The highest BCUT2D eigenvalue weighted by Crippen LogP contribution is 2.38. The molecule has 3 heterocycles. The van der Waals surface area contributed by atoms with Gasteiger partial charge in [0, 0.05) is 54.5 Å². The van der Waals surface area contributed by atoms with Gasteiger partial charge in [0.15, 0.2) is 6.10 Å². The Labute approximate surface area is 245 Å². The van der Waals surface area contributed by atoms with Gasteiger partial charge in [-0.3, -0.25) is 0 Å². The van der Waals surface area contributed by atoms with Crippen molar-refractivity contribution in [1.29, 1.82) is 0 Å². The molecule has 2 aromatic heterocycles. The summed E-state index contributed by atoms with van der Waals surface area (Å²) in [5.41, 5.74) is 2.30. The number of likely N-dealkylation sites (tertiary alicyclic amines) is 1. The van der Waals surface area contributed by atoms with Crippen molar-refractivity contribution in [3.05, 3.63) is 66.5 Å². The van der Waals surface area contributed by atoms with E-state index in [1.807, 2.05) is 13.8 Å². The number of nitrogens with one attached hydrogen (secondary N) is 2. The molecular weight excluding hydrogens is 565 g/mol. The lowest BCUT2D eigenvalue weighted by Crippen LogP contribution is -2.47.